The van der Waals surface area contributed by atoms with Crippen LogP contribution in [0.15, 0.2) is 84.0 Å². The maximum absolute atomic E-state index is 5.85. The summed E-state index contributed by atoms with van der Waals surface area (Å²) in [5, 5.41) is 1.03. The highest BCUT2D eigenvalue weighted by Gasteiger charge is 2.06. The van der Waals surface area contributed by atoms with E-state index in [2.05, 4.69) is 28.2 Å². The zero-order chi connectivity index (χ0) is 18.5. The molecular weight excluding hydrogens is 372 g/mol. The summed E-state index contributed by atoms with van der Waals surface area (Å²) in [4.78, 5) is 11.3. The van der Waals surface area contributed by atoms with Gasteiger partial charge in [-0.1, -0.05) is 18.2 Å². The van der Waals surface area contributed by atoms with E-state index in [1.807, 2.05) is 79.6 Å². The number of nitrogens with zero attached hydrogens (tertiary/aromatic N) is 2. The number of hydrogen-bond acceptors (Lipinski definition) is 5. The average Bonchev–Trinajstić information content (AvgIpc) is 3.17. The van der Waals surface area contributed by atoms with Crippen molar-refractivity contribution in [1.29, 1.82) is 0 Å². The molecule has 0 amide bonds. The van der Waals surface area contributed by atoms with E-state index in [1.165, 1.54) is 9.77 Å². The minimum Gasteiger partial charge on any atom is -0.457 e. The van der Waals surface area contributed by atoms with Crippen LogP contribution in [0.1, 0.15) is 10.6 Å². The van der Waals surface area contributed by atoms with Crippen molar-refractivity contribution < 1.29 is 4.74 Å². The van der Waals surface area contributed by atoms with Crippen molar-refractivity contribution in [2.75, 3.05) is 0 Å². The molecule has 27 heavy (non-hydrogen) atoms. The molecule has 2 aromatic heterocycles. The van der Waals surface area contributed by atoms with E-state index in [-0.39, 0.29) is 0 Å². The van der Waals surface area contributed by atoms with Crippen molar-refractivity contribution in [2.45, 2.75) is 17.6 Å². The summed E-state index contributed by atoms with van der Waals surface area (Å²) in [6.07, 6.45) is 3.82. The fourth-order valence-corrected chi connectivity index (χ4v) is 4.48. The van der Waals surface area contributed by atoms with Crippen molar-refractivity contribution in [1.82, 2.24) is 9.97 Å². The van der Waals surface area contributed by atoms with Gasteiger partial charge in [0.25, 0.3) is 0 Å². The molecule has 0 aliphatic heterocycles. The number of thiazole rings is 1. The zero-order valence-electron chi connectivity index (χ0n) is 14.8. The lowest BCUT2D eigenvalue weighted by Crippen LogP contribution is -1.83. The Morgan fingerprint density at radius 3 is 2.48 bits per heavy atom. The van der Waals surface area contributed by atoms with Crippen molar-refractivity contribution in [3.8, 4) is 22.1 Å². The van der Waals surface area contributed by atoms with Crippen LogP contribution in [0, 0.1) is 6.92 Å². The van der Waals surface area contributed by atoms with Gasteiger partial charge in [0, 0.05) is 39.2 Å². The van der Waals surface area contributed by atoms with E-state index in [4.69, 9.17) is 4.74 Å². The van der Waals surface area contributed by atoms with Crippen LogP contribution in [0.2, 0.25) is 0 Å². The highest BCUT2D eigenvalue weighted by Crippen LogP contribution is 2.31. The van der Waals surface area contributed by atoms with Crippen molar-refractivity contribution >= 4 is 23.1 Å². The minimum absolute atomic E-state index is 0.824. The third-order valence-electron chi connectivity index (χ3n) is 3.88. The Morgan fingerprint density at radius 2 is 1.70 bits per heavy atom. The van der Waals surface area contributed by atoms with Gasteiger partial charge in [0.05, 0.1) is 0 Å². The summed E-state index contributed by atoms with van der Waals surface area (Å²) in [7, 11) is 0. The number of aryl methyl sites for hydroxylation is 1. The van der Waals surface area contributed by atoms with Crippen molar-refractivity contribution in [3.05, 3.63) is 89.7 Å². The normalized spacial score (nSPS) is 10.7. The van der Waals surface area contributed by atoms with E-state index in [1.54, 1.807) is 11.3 Å². The molecule has 0 bridgehead atoms. The molecule has 0 atom stereocenters. The highest BCUT2D eigenvalue weighted by atomic mass is 32.2. The van der Waals surface area contributed by atoms with Crippen LogP contribution in [0.4, 0.5) is 0 Å². The molecule has 134 valence electrons. The second-order valence-corrected chi connectivity index (χ2v) is 8.16. The molecule has 4 rings (SSSR count). The van der Waals surface area contributed by atoms with Crippen molar-refractivity contribution in [3.63, 3.8) is 0 Å². The average molecular weight is 391 g/mol. The Kier molecular flexibility index (Phi) is 5.51. The molecule has 0 aliphatic carbocycles. The molecule has 0 fully saturated rings. The Hall–Kier alpha value is -2.63. The van der Waals surface area contributed by atoms with E-state index >= 15 is 0 Å². The first-order chi connectivity index (χ1) is 13.3. The van der Waals surface area contributed by atoms with E-state index in [0.717, 1.165) is 33.5 Å². The third kappa shape index (κ3) is 4.76. The molecule has 0 aliphatic rings. The van der Waals surface area contributed by atoms with Crippen molar-refractivity contribution in [2.24, 2.45) is 0 Å². The predicted octanol–water partition coefficient (Wildman–Crippen LogP) is 6.60. The number of rotatable bonds is 6. The zero-order valence-corrected chi connectivity index (χ0v) is 16.5. The molecule has 0 saturated carbocycles. The highest BCUT2D eigenvalue weighted by molar-refractivity contribution is 7.98. The van der Waals surface area contributed by atoms with Gasteiger partial charge in [-0.3, -0.25) is 4.98 Å². The van der Waals surface area contributed by atoms with Gasteiger partial charge in [0.1, 0.15) is 16.5 Å². The SMILES string of the molecule is Cc1cc(SCc2cnc(-c3ccc(Oc4ccccc4)cc3)s2)ccn1. The van der Waals surface area contributed by atoms with Crippen LogP contribution < -0.4 is 4.74 Å². The van der Waals surface area contributed by atoms with Crippen LogP contribution >= 0.6 is 23.1 Å². The van der Waals surface area contributed by atoms with Gasteiger partial charge in [-0.15, -0.1) is 23.1 Å². The summed E-state index contributed by atoms with van der Waals surface area (Å²) in [5.74, 6) is 2.58. The number of thioether (sulfide) groups is 1. The summed E-state index contributed by atoms with van der Waals surface area (Å²) in [6.45, 7) is 2.01. The van der Waals surface area contributed by atoms with Gasteiger partial charge in [0.2, 0.25) is 0 Å². The number of pyridine rings is 1. The van der Waals surface area contributed by atoms with Crippen LogP contribution in [-0.4, -0.2) is 9.97 Å². The molecule has 4 aromatic rings. The molecule has 2 heterocycles. The molecule has 3 nitrogen and oxygen atoms in total. The maximum atomic E-state index is 5.85. The maximum Gasteiger partial charge on any atom is 0.127 e. The Morgan fingerprint density at radius 1 is 0.926 bits per heavy atom. The summed E-state index contributed by atoms with van der Waals surface area (Å²) >= 11 is 3.54. The number of benzene rings is 2. The molecule has 5 heteroatoms. The fraction of sp³-hybridized carbons (Fsp3) is 0.0909. The predicted molar refractivity (Wildman–Crippen MR) is 113 cm³/mol. The van der Waals surface area contributed by atoms with Gasteiger partial charge in [0.15, 0.2) is 0 Å². The monoisotopic (exact) mass is 390 g/mol. The van der Waals surface area contributed by atoms with Gasteiger partial charge in [-0.2, -0.15) is 0 Å². The third-order valence-corrected chi connectivity index (χ3v) is 6.15. The number of ether oxygens (including phenoxy) is 1. The fourth-order valence-electron chi connectivity index (χ4n) is 2.56. The van der Waals surface area contributed by atoms with Gasteiger partial charge >= 0.3 is 0 Å². The summed E-state index contributed by atoms with van der Waals surface area (Å²) < 4.78 is 5.85. The lowest BCUT2D eigenvalue weighted by atomic mass is 10.2. The van der Waals surface area contributed by atoms with Crippen LogP contribution in [0.5, 0.6) is 11.5 Å². The minimum atomic E-state index is 0.824. The van der Waals surface area contributed by atoms with Gasteiger partial charge < -0.3 is 4.74 Å². The van der Waals surface area contributed by atoms with E-state index < -0.39 is 0 Å². The second kappa shape index (κ2) is 8.37. The smallest absolute Gasteiger partial charge is 0.127 e. The standard InChI is InChI=1S/C22H18N2OS2/c1-16-13-20(11-12-23-16)26-15-21-14-24-22(27-21)17-7-9-19(10-8-17)25-18-5-3-2-4-6-18/h2-14H,15H2,1H3. The quantitative estimate of drug-likeness (QED) is 0.348. The van der Waals surface area contributed by atoms with E-state index in [9.17, 15) is 0 Å². The Balaban J connectivity index is 1.40. The summed E-state index contributed by atoms with van der Waals surface area (Å²) in [6, 6.07) is 22.0. The second-order valence-electron chi connectivity index (χ2n) is 5.99. The largest absolute Gasteiger partial charge is 0.457 e. The first kappa shape index (κ1) is 17.8. The van der Waals surface area contributed by atoms with Crippen LogP contribution in [0.25, 0.3) is 10.6 Å². The van der Waals surface area contributed by atoms with Gasteiger partial charge in [-0.25, -0.2) is 4.98 Å². The first-order valence-electron chi connectivity index (χ1n) is 8.60. The molecule has 0 saturated heterocycles. The number of aromatic nitrogens is 2. The lowest BCUT2D eigenvalue weighted by Gasteiger charge is -2.05. The molecule has 0 radical (unpaired) electrons. The van der Waals surface area contributed by atoms with Crippen LogP contribution in [0.3, 0.4) is 0 Å². The molecule has 0 unspecified atom stereocenters. The molecule has 2 aromatic carbocycles. The van der Waals surface area contributed by atoms with Crippen LogP contribution in [-0.2, 0) is 5.75 Å². The first-order valence-corrected chi connectivity index (χ1v) is 10.4. The molecule has 0 spiro atoms. The Bertz CT molecular complexity index is 1010. The van der Waals surface area contributed by atoms with E-state index in [0.29, 0.717) is 0 Å². The number of hydrogen-bond donors (Lipinski definition) is 0. The topological polar surface area (TPSA) is 35.0 Å². The lowest BCUT2D eigenvalue weighted by molar-refractivity contribution is 0.483. The summed E-state index contributed by atoms with van der Waals surface area (Å²) in [5.41, 5.74) is 2.15. The molecular formula is C22H18N2OS2. The molecule has 0 N–H and O–H groups in total. The van der Waals surface area contributed by atoms with Gasteiger partial charge in [-0.05, 0) is 55.5 Å². The number of para-hydroxylation sites is 1. The Labute approximate surface area is 167 Å².